The molecule has 0 unspecified atom stereocenters. The summed E-state index contributed by atoms with van der Waals surface area (Å²) in [7, 11) is 1.85. The van der Waals surface area contributed by atoms with Crippen molar-refractivity contribution in [2.45, 2.75) is 19.0 Å². The Morgan fingerprint density at radius 1 is 1.27 bits per heavy atom. The Morgan fingerprint density at radius 2 is 1.91 bits per heavy atom. The Kier molecular flexibility index (Phi) is 5.05. The van der Waals surface area contributed by atoms with Gasteiger partial charge in [0.05, 0.1) is 5.56 Å². The Bertz CT molecular complexity index is 537. The van der Waals surface area contributed by atoms with Crippen LogP contribution in [0.1, 0.15) is 28.8 Å². The minimum absolute atomic E-state index is 0.251. The maximum absolute atomic E-state index is 13.4. The van der Waals surface area contributed by atoms with Crippen molar-refractivity contribution in [1.82, 2.24) is 10.2 Å². The fourth-order valence-electron chi connectivity index (χ4n) is 2.69. The van der Waals surface area contributed by atoms with E-state index in [-0.39, 0.29) is 5.56 Å². The van der Waals surface area contributed by atoms with Gasteiger partial charge in [0, 0.05) is 18.7 Å². The molecule has 1 aromatic rings. The minimum atomic E-state index is -4.67. The fraction of sp³-hybridized carbons (Fsp3) is 0.533. The van der Waals surface area contributed by atoms with Gasteiger partial charge in [-0.15, -0.1) is 0 Å². The first-order chi connectivity index (χ1) is 10.3. The summed E-state index contributed by atoms with van der Waals surface area (Å²) >= 11 is 0. The lowest BCUT2D eigenvalue weighted by Gasteiger charge is -2.32. The number of rotatable bonds is 3. The van der Waals surface area contributed by atoms with Gasteiger partial charge in [-0.1, -0.05) is 0 Å². The molecule has 0 aliphatic carbocycles. The van der Waals surface area contributed by atoms with Crippen LogP contribution in [0.5, 0.6) is 0 Å². The second-order valence-electron chi connectivity index (χ2n) is 5.52. The predicted octanol–water partition coefficient (Wildman–Crippen LogP) is 2.92. The summed E-state index contributed by atoms with van der Waals surface area (Å²) in [6.45, 7) is 1.80. The van der Waals surface area contributed by atoms with E-state index in [0.29, 0.717) is 31.1 Å². The molecule has 7 heteroatoms. The van der Waals surface area contributed by atoms with Crippen LogP contribution in [0.3, 0.4) is 0 Å². The number of piperidine rings is 1. The van der Waals surface area contributed by atoms with Gasteiger partial charge in [-0.2, -0.15) is 13.2 Å². The van der Waals surface area contributed by atoms with E-state index in [1.165, 1.54) is 4.90 Å². The number of hydrogen-bond acceptors (Lipinski definition) is 2. The summed E-state index contributed by atoms with van der Waals surface area (Å²) in [6.07, 6.45) is -3.10. The van der Waals surface area contributed by atoms with E-state index in [2.05, 4.69) is 5.32 Å². The van der Waals surface area contributed by atoms with Crippen LogP contribution >= 0.6 is 0 Å². The van der Waals surface area contributed by atoms with Gasteiger partial charge in [0.1, 0.15) is 5.82 Å². The number of alkyl halides is 3. The van der Waals surface area contributed by atoms with Gasteiger partial charge < -0.3 is 10.2 Å². The molecule has 1 heterocycles. The molecule has 2 rings (SSSR count). The molecule has 1 saturated heterocycles. The van der Waals surface area contributed by atoms with Crippen LogP contribution in [0, 0.1) is 11.7 Å². The zero-order valence-electron chi connectivity index (χ0n) is 12.2. The SMILES string of the molecule is CNCC1CCN(C(=O)c2cc(F)cc(C(F)(F)F)c2)CC1. The largest absolute Gasteiger partial charge is 0.416 e. The zero-order valence-corrected chi connectivity index (χ0v) is 12.2. The molecule has 1 aliphatic heterocycles. The number of amides is 1. The normalized spacial score (nSPS) is 16.9. The van der Waals surface area contributed by atoms with Gasteiger partial charge in [0.15, 0.2) is 0 Å². The Labute approximate surface area is 126 Å². The third-order valence-electron chi connectivity index (χ3n) is 3.87. The Hall–Kier alpha value is -1.63. The van der Waals surface area contributed by atoms with E-state index in [0.717, 1.165) is 25.5 Å². The predicted molar refractivity (Wildman–Crippen MR) is 74.0 cm³/mol. The number of nitrogens with zero attached hydrogens (tertiary/aromatic N) is 1. The molecule has 0 bridgehead atoms. The smallest absolute Gasteiger partial charge is 0.339 e. The first kappa shape index (κ1) is 16.7. The number of halogens is 4. The average Bonchev–Trinajstić information content (AvgIpc) is 2.46. The van der Waals surface area contributed by atoms with Crippen LogP contribution in [-0.2, 0) is 6.18 Å². The molecular formula is C15H18F4N2O. The summed E-state index contributed by atoms with van der Waals surface area (Å²) in [5.74, 6) is -1.15. The Balaban J connectivity index is 2.12. The average molecular weight is 318 g/mol. The summed E-state index contributed by atoms with van der Waals surface area (Å²) < 4.78 is 51.4. The van der Waals surface area contributed by atoms with Gasteiger partial charge in [-0.25, -0.2) is 4.39 Å². The lowest BCUT2D eigenvalue weighted by Crippen LogP contribution is -2.40. The molecule has 22 heavy (non-hydrogen) atoms. The summed E-state index contributed by atoms with van der Waals surface area (Å²) in [6, 6.07) is 1.97. The van der Waals surface area contributed by atoms with Crippen molar-refractivity contribution in [2.75, 3.05) is 26.7 Å². The molecule has 0 aromatic heterocycles. The molecule has 1 amide bonds. The second-order valence-corrected chi connectivity index (χ2v) is 5.52. The van der Waals surface area contributed by atoms with Crippen LogP contribution < -0.4 is 5.32 Å². The second kappa shape index (κ2) is 6.64. The molecule has 122 valence electrons. The quantitative estimate of drug-likeness (QED) is 0.869. The third kappa shape index (κ3) is 3.97. The lowest BCUT2D eigenvalue weighted by atomic mass is 9.96. The van der Waals surface area contributed by atoms with E-state index in [1.807, 2.05) is 7.05 Å². The molecule has 1 fully saturated rings. The number of carbonyl (C=O) groups is 1. The van der Waals surface area contributed by atoms with Crippen molar-refractivity contribution in [3.05, 3.63) is 35.1 Å². The van der Waals surface area contributed by atoms with Gasteiger partial charge in [-0.05, 0) is 50.6 Å². The first-order valence-corrected chi connectivity index (χ1v) is 7.13. The molecule has 1 aromatic carbocycles. The number of carbonyl (C=O) groups excluding carboxylic acids is 1. The molecule has 1 N–H and O–H groups in total. The fourth-order valence-corrected chi connectivity index (χ4v) is 2.69. The molecule has 3 nitrogen and oxygen atoms in total. The highest BCUT2D eigenvalue weighted by Gasteiger charge is 2.33. The molecule has 0 spiro atoms. The molecular weight excluding hydrogens is 300 g/mol. The van der Waals surface area contributed by atoms with Crippen LogP contribution in [0.4, 0.5) is 17.6 Å². The highest BCUT2D eigenvalue weighted by Crippen LogP contribution is 2.31. The van der Waals surface area contributed by atoms with E-state index in [9.17, 15) is 22.4 Å². The van der Waals surface area contributed by atoms with Crippen LogP contribution in [0.25, 0.3) is 0 Å². The topological polar surface area (TPSA) is 32.3 Å². The van der Waals surface area contributed by atoms with Gasteiger partial charge in [-0.3, -0.25) is 4.79 Å². The van der Waals surface area contributed by atoms with Crippen LogP contribution in [0.15, 0.2) is 18.2 Å². The number of likely N-dealkylation sites (tertiary alicyclic amines) is 1. The highest BCUT2D eigenvalue weighted by atomic mass is 19.4. The van der Waals surface area contributed by atoms with E-state index < -0.39 is 23.5 Å². The number of hydrogen-bond donors (Lipinski definition) is 1. The van der Waals surface area contributed by atoms with E-state index in [1.54, 1.807) is 0 Å². The van der Waals surface area contributed by atoms with Gasteiger partial charge in [0.25, 0.3) is 5.91 Å². The first-order valence-electron chi connectivity index (χ1n) is 7.13. The number of nitrogens with one attached hydrogen (secondary N) is 1. The van der Waals surface area contributed by atoms with Crippen LogP contribution in [-0.4, -0.2) is 37.5 Å². The van der Waals surface area contributed by atoms with Crippen LogP contribution in [0.2, 0.25) is 0 Å². The van der Waals surface area contributed by atoms with Crippen molar-refractivity contribution in [1.29, 1.82) is 0 Å². The zero-order chi connectivity index (χ0) is 16.3. The minimum Gasteiger partial charge on any atom is -0.339 e. The maximum Gasteiger partial charge on any atom is 0.416 e. The van der Waals surface area contributed by atoms with Crippen molar-refractivity contribution in [3.63, 3.8) is 0 Å². The van der Waals surface area contributed by atoms with Crippen molar-refractivity contribution >= 4 is 5.91 Å². The molecule has 0 atom stereocenters. The molecule has 0 saturated carbocycles. The lowest BCUT2D eigenvalue weighted by molar-refractivity contribution is -0.137. The van der Waals surface area contributed by atoms with Crippen molar-refractivity contribution in [2.24, 2.45) is 5.92 Å². The third-order valence-corrected chi connectivity index (χ3v) is 3.87. The summed E-state index contributed by atoms with van der Waals surface area (Å²) in [4.78, 5) is 13.8. The van der Waals surface area contributed by atoms with Crippen molar-refractivity contribution in [3.8, 4) is 0 Å². The molecule has 0 radical (unpaired) electrons. The van der Waals surface area contributed by atoms with E-state index in [4.69, 9.17) is 0 Å². The molecule has 1 aliphatic rings. The van der Waals surface area contributed by atoms with Gasteiger partial charge in [0.2, 0.25) is 0 Å². The summed E-state index contributed by atoms with van der Waals surface area (Å²) in [5, 5.41) is 3.07. The highest BCUT2D eigenvalue weighted by molar-refractivity contribution is 5.94. The maximum atomic E-state index is 13.4. The standard InChI is InChI=1S/C15H18F4N2O/c1-20-9-10-2-4-21(5-3-10)14(22)11-6-12(15(17,18)19)8-13(16)7-11/h6-8,10,20H,2-5,9H2,1H3. The van der Waals surface area contributed by atoms with E-state index >= 15 is 0 Å². The van der Waals surface area contributed by atoms with Crippen molar-refractivity contribution < 1.29 is 22.4 Å². The van der Waals surface area contributed by atoms with Gasteiger partial charge >= 0.3 is 6.18 Å². The summed E-state index contributed by atoms with van der Waals surface area (Å²) in [5.41, 5.74) is -1.39. The monoisotopic (exact) mass is 318 g/mol. The number of benzene rings is 1. The Morgan fingerprint density at radius 3 is 2.45 bits per heavy atom.